The molecule has 1 saturated heterocycles. The number of carbonyl (C=O) groups is 1. The van der Waals surface area contributed by atoms with Crippen molar-refractivity contribution < 1.29 is 22.7 Å². The molecule has 1 aromatic heterocycles. The van der Waals surface area contributed by atoms with Crippen LogP contribution in [-0.4, -0.2) is 40.6 Å². The summed E-state index contributed by atoms with van der Waals surface area (Å²) in [5.74, 6) is 0.119. The van der Waals surface area contributed by atoms with Crippen molar-refractivity contribution in [3.8, 4) is 5.88 Å². The second-order valence-corrected chi connectivity index (χ2v) is 6.21. The van der Waals surface area contributed by atoms with Gasteiger partial charge in [0, 0.05) is 17.8 Å². The number of rotatable bonds is 2. The highest BCUT2D eigenvalue weighted by Crippen LogP contribution is 2.29. The molecule has 8 heteroatoms. The summed E-state index contributed by atoms with van der Waals surface area (Å²) in [6.45, 7) is 6.40. The van der Waals surface area contributed by atoms with Crippen LogP contribution in [0.15, 0.2) is 18.3 Å². The lowest BCUT2D eigenvalue weighted by atomic mass is 10.1. The van der Waals surface area contributed by atoms with Crippen LogP contribution in [0.5, 0.6) is 5.88 Å². The average Bonchev–Trinajstić information content (AvgIpc) is 2.30. The van der Waals surface area contributed by atoms with E-state index in [2.05, 4.69) is 10.3 Å². The summed E-state index contributed by atoms with van der Waals surface area (Å²) in [5, 5.41) is 2.82. The molecule has 0 bridgehead atoms. The van der Waals surface area contributed by atoms with Gasteiger partial charge in [-0.15, -0.1) is 0 Å². The number of hydrogen-bond donors (Lipinski definition) is 1. The summed E-state index contributed by atoms with van der Waals surface area (Å²) in [7, 11) is 0. The third-order valence-electron chi connectivity index (χ3n) is 2.97. The Kier molecular flexibility index (Phi) is 4.21. The topological polar surface area (TPSA) is 54.5 Å². The zero-order chi connectivity index (χ0) is 16.5. The lowest BCUT2D eigenvalue weighted by Gasteiger charge is -2.40. The molecule has 0 radical (unpaired) electrons. The highest BCUT2D eigenvalue weighted by Gasteiger charge is 2.34. The maximum atomic E-state index is 12.4. The number of hydrogen-bond acceptors (Lipinski definition) is 3. The molecule has 122 valence electrons. The number of nitrogens with one attached hydrogen (secondary N) is 1. The molecular formula is C14H18F3N3O2. The number of aromatic nitrogens is 1. The number of amides is 2. The van der Waals surface area contributed by atoms with E-state index in [0.717, 1.165) is 12.3 Å². The molecule has 2 heterocycles. The van der Waals surface area contributed by atoms with Gasteiger partial charge >= 0.3 is 12.2 Å². The van der Waals surface area contributed by atoms with Gasteiger partial charge in [0.25, 0.3) is 0 Å². The third-order valence-corrected chi connectivity index (χ3v) is 2.97. The predicted octanol–water partition coefficient (Wildman–Crippen LogP) is 2.67. The zero-order valence-corrected chi connectivity index (χ0v) is 12.6. The molecule has 1 fully saturated rings. The van der Waals surface area contributed by atoms with Gasteiger partial charge in [-0.1, -0.05) is 0 Å². The molecule has 0 aliphatic carbocycles. The van der Waals surface area contributed by atoms with Crippen molar-refractivity contribution in [1.29, 1.82) is 0 Å². The summed E-state index contributed by atoms with van der Waals surface area (Å²) in [4.78, 5) is 17.0. The average molecular weight is 317 g/mol. The molecule has 0 unspecified atom stereocenters. The SMILES string of the molecule is CC(C)(C)NC(=O)N1CC(Oc2ccc(C(F)(F)F)cn2)C1. The fourth-order valence-corrected chi connectivity index (χ4v) is 1.87. The molecule has 2 rings (SSSR count). The van der Waals surface area contributed by atoms with Gasteiger partial charge in [-0.25, -0.2) is 9.78 Å². The van der Waals surface area contributed by atoms with E-state index in [1.54, 1.807) is 4.90 Å². The first kappa shape index (κ1) is 16.4. The number of ether oxygens (including phenoxy) is 1. The molecule has 0 saturated carbocycles. The van der Waals surface area contributed by atoms with Crippen molar-refractivity contribution in [2.75, 3.05) is 13.1 Å². The maximum Gasteiger partial charge on any atom is 0.417 e. The summed E-state index contributed by atoms with van der Waals surface area (Å²) in [6, 6.07) is 1.92. The monoisotopic (exact) mass is 317 g/mol. The van der Waals surface area contributed by atoms with Crippen LogP contribution in [0.4, 0.5) is 18.0 Å². The number of nitrogens with zero attached hydrogens (tertiary/aromatic N) is 2. The Balaban J connectivity index is 1.82. The normalized spacial score (nSPS) is 16.2. The Morgan fingerprint density at radius 2 is 1.95 bits per heavy atom. The van der Waals surface area contributed by atoms with E-state index < -0.39 is 11.7 Å². The highest BCUT2D eigenvalue weighted by molar-refractivity contribution is 5.75. The minimum absolute atomic E-state index is 0.119. The first-order valence-corrected chi connectivity index (χ1v) is 6.81. The molecule has 1 aromatic rings. The molecule has 2 amide bonds. The van der Waals surface area contributed by atoms with Crippen molar-refractivity contribution in [2.24, 2.45) is 0 Å². The van der Waals surface area contributed by atoms with Crippen molar-refractivity contribution in [3.63, 3.8) is 0 Å². The number of carbonyl (C=O) groups excluding carboxylic acids is 1. The Bertz CT molecular complexity index is 532. The minimum Gasteiger partial charge on any atom is -0.471 e. The first-order chi connectivity index (χ1) is 10.0. The quantitative estimate of drug-likeness (QED) is 0.912. The molecule has 0 aromatic carbocycles. The molecule has 1 aliphatic rings. The van der Waals surface area contributed by atoms with Crippen LogP contribution in [0, 0.1) is 0 Å². The second-order valence-electron chi connectivity index (χ2n) is 6.21. The van der Waals surface area contributed by atoms with Crippen LogP contribution in [0.3, 0.4) is 0 Å². The number of alkyl halides is 3. The molecule has 1 N–H and O–H groups in total. The number of pyridine rings is 1. The van der Waals surface area contributed by atoms with Crippen molar-refractivity contribution in [2.45, 2.75) is 38.6 Å². The summed E-state index contributed by atoms with van der Waals surface area (Å²) in [6.07, 6.45) is -3.93. The van der Waals surface area contributed by atoms with Gasteiger partial charge in [0.2, 0.25) is 5.88 Å². The van der Waals surface area contributed by atoms with Gasteiger partial charge in [0.15, 0.2) is 0 Å². The van der Waals surface area contributed by atoms with E-state index >= 15 is 0 Å². The van der Waals surface area contributed by atoms with E-state index in [1.165, 1.54) is 6.07 Å². The Morgan fingerprint density at radius 3 is 2.41 bits per heavy atom. The highest BCUT2D eigenvalue weighted by atomic mass is 19.4. The smallest absolute Gasteiger partial charge is 0.417 e. The molecule has 1 aliphatic heterocycles. The summed E-state index contributed by atoms with van der Waals surface area (Å²) in [5.41, 5.74) is -1.14. The Morgan fingerprint density at radius 1 is 1.32 bits per heavy atom. The van der Waals surface area contributed by atoms with E-state index in [1.807, 2.05) is 20.8 Å². The third kappa shape index (κ3) is 4.25. The van der Waals surface area contributed by atoms with E-state index in [-0.39, 0.29) is 23.6 Å². The summed E-state index contributed by atoms with van der Waals surface area (Å²) >= 11 is 0. The Hall–Kier alpha value is -1.99. The molecular weight excluding hydrogens is 299 g/mol. The standard InChI is InChI=1S/C14H18F3N3O2/c1-13(2,3)19-12(21)20-7-10(8-20)22-11-5-4-9(6-18-11)14(15,16)17/h4-6,10H,7-8H2,1-3H3,(H,19,21). The van der Waals surface area contributed by atoms with Crippen LogP contribution in [0.1, 0.15) is 26.3 Å². The van der Waals surface area contributed by atoms with Gasteiger partial charge in [-0.2, -0.15) is 13.2 Å². The lowest BCUT2D eigenvalue weighted by Crippen LogP contribution is -2.61. The van der Waals surface area contributed by atoms with Gasteiger partial charge in [0.05, 0.1) is 18.7 Å². The Labute approximate surface area is 126 Å². The maximum absolute atomic E-state index is 12.4. The lowest BCUT2D eigenvalue weighted by molar-refractivity contribution is -0.137. The van der Waals surface area contributed by atoms with Crippen LogP contribution in [0.2, 0.25) is 0 Å². The van der Waals surface area contributed by atoms with Crippen molar-refractivity contribution >= 4 is 6.03 Å². The fourth-order valence-electron chi connectivity index (χ4n) is 1.87. The van der Waals surface area contributed by atoms with E-state index in [0.29, 0.717) is 13.1 Å². The van der Waals surface area contributed by atoms with Gasteiger partial charge < -0.3 is 15.0 Å². The molecule has 22 heavy (non-hydrogen) atoms. The van der Waals surface area contributed by atoms with Crippen LogP contribution >= 0.6 is 0 Å². The first-order valence-electron chi connectivity index (χ1n) is 6.81. The van der Waals surface area contributed by atoms with Crippen molar-refractivity contribution in [1.82, 2.24) is 15.2 Å². The summed E-state index contributed by atoms with van der Waals surface area (Å²) < 4.78 is 42.6. The second kappa shape index (κ2) is 5.66. The zero-order valence-electron chi connectivity index (χ0n) is 12.6. The van der Waals surface area contributed by atoms with E-state index in [9.17, 15) is 18.0 Å². The minimum atomic E-state index is -4.41. The van der Waals surface area contributed by atoms with Gasteiger partial charge in [-0.3, -0.25) is 0 Å². The van der Waals surface area contributed by atoms with Crippen molar-refractivity contribution in [3.05, 3.63) is 23.9 Å². The predicted molar refractivity (Wildman–Crippen MR) is 73.5 cm³/mol. The van der Waals surface area contributed by atoms with E-state index in [4.69, 9.17) is 4.74 Å². The number of urea groups is 1. The van der Waals surface area contributed by atoms with Crippen LogP contribution < -0.4 is 10.1 Å². The molecule has 5 nitrogen and oxygen atoms in total. The molecule has 0 spiro atoms. The van der Waals surface area contributed by atoms with Gasteiger partial charge in [0.1, 0.15) is 6.10 Å². The van der Waals surface area contributed by atoms with Crippen LogP contribution in [0.25, 0.3) is 0 Å². The van der Waals surface area contributed by atoms with Crippen LogP contribution in [-0.2, 0) is 6.18 Å². The largest absolute Gasteiger partial charge is 0.471 e. The van der Waals surface area contributed by atoms with Gasteiger partial charge in [-0.05, 0) is 26.8 Å². The fraction of sp³-hybridized carbons (Fsp3) is 0.571. The number of likely N-dealkylation sites (tertiary alicyclic amines) is 1. The number of halogens is 3. The molecule has 0 atom stereocenters.